The molecule has 0 saturated carbocycles. The molecule has 1 heterocycles. The first kappa shape index (κ1) is 33.7. The van der Waals surface area contributed by atoms with Crippen molar-refractivity contribution in [2.45, 2.75) is 141 Å². The van der Waals surface area contributed by atoms with Gasteiger partial charge >= 0.3 is 11.9 Å². The third-order valence-corrected chi connectivity index (χ3v) is 6.46. The predicted octanol–water partition coefficient (Wildman–Crippen LogP) is 2.76. The molecular weight excluding hydrogens is 484 g/mol. The number of unbranched alkanes of at least 4 members (excludes halogenated alkanes) is 10. The van der Waals surface area contributed by atoms with Crippen LogP contribution >= 0.6 is 0 Å². The number of hydrogen-bond acceptors (Lipinski definition) is 10. The standard InChI is InChI=1S/C27H50O10/c1-3-5-6-7-8-9-10-11-12-13-14-16-23(30)36-20(18-34-22(29)15-4-2)19-35-27-26(33)25(32)24(31)21(17-28)37-27/h20-21,24-28,31-33H,3-19H2,1-2H3/t20-,21-,24+,25+,26-,27-/m1/s1. The van der Waals surface area contributed by atoms with E-state index in [1.54, 1.807) is 0 Å². The van der Waals surface area contributed by atoms with Crippen molar-refractivity contribution in [2.24, 2.45) is 0 Å². The molecule has 0 radical (unpaired) electrons. The molecule has 0 spiro atoms. The van der Waals surface area contributed by atoms with E-state index in [9.17, 15) is 30.0 Å². The van der Waals surface area contributed by atoms with Gasteiger partial charge in [-0.1, -0.05) is 78.1 Å². The fourth-order valence-electron chi connectivity index (χ4n) is 4.16. The monoisotopic (exact) mass is 534 g/mol. The van der Waals surface area contributed by atoms with Gasteiger partial charge in [-0.2, -0.15) is 0 Å². The summed E-state index contributed by atoms with van der Waals surface area (Å²) in [5.41, 5.74) is 0. The first-order valence-electron chi connectivity index (χ1n) is 14.1. The fourth-order valence-corrected chi connectivity index (χ4v) is 4.16. The number of ether oxygens (including phenoxy) is 4. The number of carbonyl (C=O) groups is 2. The molecule has 0 unspecified atom stereocenters. The van der Waals surface area contributed by atoms with Gasteiger partial charge in [0, 0.05) is 12.8 Å². The second-order valence-electron chi connectivity index (χ2n) is 9.86. The molecule has 0 amide bonds. The second-order valence-corrected chi connectivity index (χ2v) is 9.86. The van der Waals surface area contributed by atoms with Crippen molar-refractivity contribution in [1.82, 2.24) is 0 Å². The molecule has 0 aliphatic carbocycles. The fraction of sp³-hybridized carbons (Fsp3) is 0.926. The van der Waals surface area contributed by atoms with Crippen molar-refractivity contribution >= 4 is 11.9 Å². The van der Waals surface area contributed by atoms with Gasteiger partial charge in [0.25, 0.3) is 0 Å². The topological polar surface area (TPSA) is 152 Å². The van der Waals surface area contributed by atoms with Gasteiger partial charge in [0.05, 0.1) is 13.2 Å². The average molecular weight is 535 g/mol. The quantitative estimate of drug-likeness (QED) is 0.128. The summed E-state index contributed by atoms with van der Waals surface area (Å²) < 4.78 is 21.4. The van der Waals surface area contributed by atoms with Gasteiger partial charge < -0.3 is 39.4 Å². The Hall–Kier alpha value is -1.30. The number of carbonyl (C=O) groups excluding carboxylic acids is 2. The third kappa shape index (κ3) is 14.4. The van der Waals surface area contributed by atoms with Gasteiger partial charge in [0.15, 0.2) is 12.4 Å². The molecule has 1 aliphatic heterocycles. The number of aliphatic hydroxyl groups is 4. The number of rotatable bonds is 21. The highest BCUT2D eigenvalue weighted by Gasteiger charge is 2.44. The van der Waals surface area contributed by atoms with Crippen molar-refractivity contribution in [3.8, 4) is 0 Å². The van der Waals surface area contributed by atoms with Crippen LogP contribution < -0.4 is 0 Å². The Labute approximate surface area is 221 Å². The zero-order valence-corrected chi connectivity index (χ0v) is 22.7. The summed E-state index contributed by atoms with van der Waals surface area (Å²) in [4.78, 5) is 24.2. The molecule has 10 nitrogen and oxygen atoms in total. The maximum Gasteiger partial charge on any atom is 0.306 e. The molecule has 37 heavy (non-hydrogen) atoms. The molecule has 1 fully saturated rings. The minimum Gasteiger partial charge on any atom is -0.462 e. The van der Waals surface area contributed by atoms with E-state index in [2.05, 4.69) is 6.92 Å². The van der Waals surface area contributed by atoms with Crippen LogP contribution in [0.25, 0.3) is 0 Å². The Morgan fingerprint density at radius 2 is 1.32 bits per heavy atom. The lowest BCUT2D eigenvalue weighted by Crippen LogP contribution is -2.59. The lowest BCUT2D eigenvalue weighted by Gasteiger charge is -2.39. The highest BCUT2D eigenvalue weighted by Crippen LogP contribution is 2.22. The van der Waals surface area contributed by atoms with E-state index in [0.29, 0.717) is 12.8 Å². The summed E-state index contributed by atoms with van der Waals surface area (Å²) in [6.07, 6.45) is 5.85. The van der Waals surface area contributed by atoms with Crippen LogP contribution in [0.4, 0.5) is 0 Å². The Kier molecular flexibility index (Phi) is 18.8. The van der Waals surface area contributed by atoms with Crippen LogP contribution in [0.5, 0.6) is 0 Å². The molecule has 4 N–H and O–H groups in total. The Balaban J connectivity index is 2.40. The molecule has 0 aromatic carbocycles. The van der Waals surface area contributed by atoms with Gasteiger partial charge in [-0.15, -0.1) is 0 Å². The van der Waals surface area contributed by atoms with Gasteiger partial charge in [0.1, 0.15) is 31.0 Å². The van der Waals surface area contributed by atoms with Gasteiger partial charge in [-0.05, 0) is 12.8 Å². The highest BCUT2D eigenvalue weighted by molar-refractivity contribution is 5.70. The molecule has 1 aliphatic rings. The Morgan fingerprint density at radius 3 is 1.89 bits per heavy atom. The van der Waals surface area contributed by atoms with Crippen molar-refractivity contribution in [2.75, 3.05) is 19.8 Å². The number of hydrogen-bond donors (Lipinski definition) is 4. The predicted molar refractivity (Wildman–Crippen MR) is 137 cm³/mol. The summed E-state index contributed by atoms with van der Waals surface area (Å²) in [7, 11) is 0. The first-order valence-corrected chi connectivity index (χ1v) is 14.1. The van der Waals surface area contributed by atoms with E-state index in [4.69, 9.17) is 18.9 Å². The van der Waals surface area contributed by atoms with E-state index in [1.807, 2.05) is 6.92 Å². The van der Waals surface area contributed by atoms with E-state index in [1.165, 1.54) is 44.9 Å². The smallest absolute Gasteiger partial charge is 0.306 e. The molecule has 6 atom stereocenters. The molecule has 218 valence electrons. The lowest BCUT2D eigenvalue weighted by molar-refractivity contribution is -0.305. The zero-order valence-electron chi connectivity index (χ0n) is 22.7. The molecule has 10 heteroatoms. The first-order chi connectivity index (χ1) is 17.8. The summed E-state index contributed by atoms with van der Waals surface area (Å²) in [6.45, 7) is 2.98. The largest absolute Gasteiger partial charge is 0.462 e. The highest BCUT2D eigenvalue weighted by atomic mass is 16.7. The van der Waals surface area contributed by atoms with Crippen LogP contribution in [0.2, 0.25) is 0 Å². The van der Waals surface area contributed by atoms with E-state index < -0.39 is 55.4 Å². The molecule has 0 bridgehead atoms. The molecular formula is C27H50O10. The van der Waals surface area contributed by atoms with Crippen LogP contribution in [0.1, 0.15) is 104 Å². The van der Waals surface area contributed by atoms with Crippen molar-refractivity contribution < 1.29 is 49.0 Å². The van der Waals surface area contributed by atoms with Crippen molar-refractivity contribution in [3.63, 3.8) is 0 Å². The van der Waals surface area contributed by atoms with Crippen molar-refractivity contribution in [1.29, 1.82) is 0 Å². The SMILES string of the molecule is CCCCCCCCCCCCCC(=O)O[C@H](COC(=O)CCC)CO[C@@H]1O[C@H](CO)[C@H](O)[C@H](O)[C@H]1O. The van der Waals surface area contributed by atoms with Crippen LogP contribution in [0, 0.1) is 0 Å². The summed E-state index contributed by atoms with van der Waals surface area (Å²) in [5.74, 6) is -0.869. The minimum absolute atomic E-state index is 0.222. The van der Waals surface area contributed by atoms with Crippen molar-refractivity contribution in [3.05, 3.63) is 0 Å². The van der Waals surface area contributed by atoms with Crippen LogP contribution in [-0.4, -0.2) is 89.0 Å². The number of aliphatic hydroxyl groups excluding tert-OH is 4. The summed E-state index contributed by atoms with van der Waals surface area (Å²) in [5, 5.41) is 39.3. The van der Waals surface area contributed by atoms with E-state index in [-0.39, 0.29) is 26.1 Å². The minimum atomic E-state index is -1.58. The Morgan fingerprint density at radius 1 is 0.730 bits per heavy atom. The van der Waals surface area contributed by atoms with Gasteiger partial charge in [-0.3, -0.25) is 9.59 Å². The van der Waals surface area contributed by atoms with E-state index in [0.717, 1.165) is 19.3 Å². The normalized spacial score (nSPS) is 24.5. The second kappa shape index (κ2) is 20.6. The van der Waals surface area contributed by atoms with Crippen LogP contribution in [-0.2, 0) is 28.5 Å². The van der Waals surface area contributed by atoms with Gasteiger partial charge in [0.2, 0.25) is 0 Å². The van der Waals surface area contributed by atoms with Crippen LogP contribution in [0.15, 0.2) is 0 Å². The van der Waals surface area contributed by atoms with Crippen LogP contribution in [0.3, 0.4) is 0 Å². The number of esters is 2. The maximum absolute atomic E-state index is 12.4. The lowest BCUT2D eigenvalue weighted by atomic mass is 9.99. The van der Waals surface area contributed by atoms with E-state index >= 15 is 0 Å². The van der Waals surface area contributed by atoms with Gasteiger partial charge in [-0.25, -0.2) is 0 Å². The Bertz CT molecular complexity index is 600. The molecule has 1 saturated heterocycles. The average Bonchev–Trinajstić information content (AvgIpc) is 2.88. The maximum atomic E-state index is 12.4. The molecule has 0 aromatic heterocycles. The third-order valence-electron chi connectivity index (χ3n) is 6.46. The zero-order chi connectivity index (χ0) is 27.5. The summed E-state index contributed by atoms with van der Waals surface area (Å²) >= 11 is 0. The molecule has 0 aromatic rings. The summed E-state index contributed by atoms with van der Waals surface area (Å²) in [6, 6.07) is 0. The molecule has 1 rings (SSSR count).